The molecule has 0 bridgehead atoms. The normalized spacial score (nSPS) is 19.6. The molecule has 0 aliphatic carbocycles. The van der Waals surface area contributed by atoms with Gasteiger partial charge in [0.2, 0.25) is 11.8 Å². The number of likely N-dealkylation sites (tertiary alicyclic amines) is 1. The Morgan fingerprint density at radius 1 is 1.03 bits per heavy atom. The molecule has 0 saturated carbocycles. The van der Waals surface area contributed by atoms with Crippen molar-refractivity contribution in [2.24, 2.45) is 0 Å². The van der Waals surface area contributed by atoms with Gasteiger partial charge in [0.15, 0.2) is 0 Å². The molecule has 2 amide bonds. The molecule has 2 aromatic carbocycles. The molecule has 0 radical (unpaired) electrons. The van der Waals surface area contributed by atoms with Crippen molar-refractivity contribution in [3.05, 3.63) is 59.1 Å². The zero-order valence-corrected chi connectivity index (χ0v) is 17.7. The number of benzene rings is 2. The molecule has 0 unspecified atom stereocenters. The smallest absolute Gasteiger partial charge is 0.227 e. The Balaban J connectivity index is 1.32. The number of hydrogen-bond acceptors (Lipinski definition) is 4. The van der Waals surface area contributed by atoms with Crippen molar-refractivity contribution in [2.45, 2.75) is 44.6 Å². The van der Waals surface area contributed by atoms with Gasteiger partial charge in [0, 0.05) is 25.2 Å². The highest BCUT2D eigenvalue weighted by Crippen LogP contribution is 2.36. The van der Waals surface area contributed by atoms with Crippen molar-refractivity contribution in [2.75, 3.05) is 18.0 Å². The van der Waals surface area contributed by atoms with Crippen LogP contribution in [0.2, 0.25) is 0 Å². The number of anilines is 1. The summed E-state index contributed by atoms with van der Waals surface area (Å²) in [7, 11) is 0. The average molecular weight is 420 g/mol. The molecule has 5 nitrogen and oxygen atoms in total. The fraction of sp³-hybridized carbons (Fsp3) is 0.375. The van der Waals surface area contributed by atoms with Gasteiger partial charge in [-0.3, -0.25) is 9.59 Å². The van der Waals surface area contributed by atoms with E-state index >= 15 is 0 Å². The molecule has 2 fully saturated rings. The molecule has 5 rings (SSSR count). The van der Waals surface area contributed by atoms with Crippen LogP contribution >= 0.6 is 11.3 Å². The van der Waals surface area contributed by atoms with Crippen LogP contribution in [0.5, 0.6) is 0 Å². The summed E-state index contributed by atoms with van der Waals surface area (Å²) in [6, 6.07) is 16.1. The molecule has 3 aromatic rings. The van der Waals surface area contributed by atoms with Gasteiger partial charge >= 0.3 is 0 Å². The first kappa shape index (κ1) is 19.2. The number of nitrogens with zero attached hydrogens (tertiary/aromatic N) is 3. The van der Waals surface area contributed by atoms with Gasteiger partial charge in [0.1, 0.15) is 5.01 Å². The summed E-state index contributed by atoms with van der Waals surface area (Å²) in [6.45, 7) is 1.58. The number of carbonyl (C=O) groups excluding carboxylic acids is 2. The van der Waals surface area contributed by atoms with E-state index in [0.717, 1.165) is 60.5 Å². The second kappa shape index (κ2) is 8.19. The first-order valence-corrected chi connectivity index (χ1v) is 11.5. The summed E-state index contributed by atoms with van der Waals surface area (Å²) in [6.07, 6.45) is 5.08. The number of thiazole rings is 1. The number of amides is 2. The lowest BCUT2D eigenvalue weighted by Crippen LogP contribution is -2.39. The molecule has 30 heavy (non-hydrogen) atoms. The van der Waals surface area contributed by atoms with E-state index in [2.05, 4.69) is 6.07 Å². The predicted octanol–water partition coefficient (Wildman–Crippen LogP) is 4.72. The highest BCUT2D eigenvalue weighted by molar-refractivity contribution is 7.18. The standard InChI is InChI=1S/C24H25N3O2S/c28-22-9-5-15-26(22)18-12-10-17(11-13-18)16-23(29)27-14-4-3-7-20(27)24-25-19-6-1-2-8-21(19)30-24/h1-2,6,8,10-13,20H,3-5,7,9,14-16H2/t20-/m0/s1. The molecule has 0 spiro atoms. The maximum Gasteiger partial charge on any atom is 0.227 e. The second-order valence-electron chi connectivity index (χ2n) is 8.11. The summed E-state index contributed by atoms with van der Waals surface area (Å²) in [5.41, 5.74) is 2.94. The van der Waals surface area contributed by atoms with Crippen molar-refractivity contribution in [1.29, 1.82) is 0 Å². The number of rotatable bonds is 4. The van der Waals surface area contributed by atoms with Gasteiger partial charge in [0.25, 0.3) is 0 Å². The van der Waals surface area contributed by atoms with Gasteiger partial charge in [-0.2, -0.15) is 0 Å². The fourth-order valence-electron chi connectivity index (χ4n) is 4.51. The Bertz CT molecular complexity index is 1040. The highest BCUT2D eigenvalue weighted by Gasteiger charge is 2.30. The van der Waals surface area contributed by atoms with E-state index in [1.54, 1.807) is 11.3 Å². The first-order valence-electron chi connectivity index (χ1n) is 10.7. The lowest BCUT2D eigenvalue weighted by atomic mass is 10.0. The summed E-state index contributed by atoms with van der Waals surface area (Å²) in [5, 5.41) is 1.05. The van der Waals surface area contributed by atoms with Gasteiger partial charge in [-0.25, -0.2) is 4.98 Å². The summed E-state index contributed by atoms with van der Waals surface area (Å²) in [4.78, 5) is 33.8. The predicted molar refractivity (Wildman–Crippen MR) is 120 cm³/mol. The molecule has 0 N–H and O–H groups in total. The highest BCUT2D eigenvalue weighted by atomic mass is 32.1. The quantitative estimate of drug-likeness (QED) is 0.615. The number of hydrogen-bond donors (Lipinski definition) is 0. The Kier molecular flexibility index (Phi) is 5.25. The van der Waals surface area contributed by atoms with E-state index in [1.165, 1.54) is 4.70 Å². The second-order valence-corrected chi connectivity index (χ2v) is 9.17. The van der Waals surface area contributed by atoms with Crippen molar-refractivity contribution >= 4 is 39.1 Å². The zero-order valence-electron chi connectivity index (χ0n) is 16.9. The molecule has 2 aliphatic rings. The topological polar surface area (TPSA) is 53.5 Å². The maximum atomic E-state index is 13.2. The van der Waals surface area contributed by atoms with Gasteiger partial charge in [-0.15, -0.1) is 11.3 Å². The lowest BCUT2D eigenvalue weighted by molar-refractivity contribution is -0.134. The Hall–Kier alpha value is -2.73. The van der Waals surface area contributed by atoms with Crippen LogP contribution in [-0.2, 0) is 16.0 Å². The molecule has 2 saturated heterocycles. The Labute approximate surface area is 180 Å². The minimum Gasteiger partial charge on any atom is -0.333 e. The summed E-state index contributed by atoms with van der Waals surface area (Å²) >= 11 is 1.71. The molecule has 6 heteroatoms. The monoisotopic (exact) mass is 419 g/mol. The minimum atomic E-state index is 0.0742. The van der Waals surface area contributed by atoms with E-state index in [9.17, 15) is 9.59 Å². The molecule has 1 aromatic heterocycles. The van der Waals surface area contributed by atoms with Crippen LogP contribution in [0.15, 0.2) is 48.5 Å². The largest absolute Gasteiger partial charge is 0.333 e. The minimum absolute atomic E-state index is 0.0742. The Morgan fingerprint density at radius 2 is 1.87 bits per heavy atom. The number of fused-ring (bicyclic) bond motifs is 1. The molecular formula is C24H25N3O2S. The van der Waals surface area contributed by atoms with Crippen LogP contribution in [0, 0.1) is 0 Å². The number of piperidine rings is 1. The van der Waals surface area contributed by atoms with E-state index in [-0.39, 0.29) is 17.9 Å². The van der Waals surface area contributed by atoms with E-state index in [0.29, 0.717) is 12.8 Å². The van der Waals surface area contributed by atoms with Gasteiger partial charge in [0.05, 0.1) is 22.7 Å². The van der Waals surface area contributed by atoms with Crippen LogP contribution in [0.4, 0.5) is 5.69 Å². The third-order valence-corrected chi connectivity index (χ3v) is 7.23. The molecule has 3 heterocycles. The van der Waals surface area contributed by atoms with Crippen molar-refractivity contribution in [3.8, 4) is 0 Å². The molecule has 2 aliphatic heterocycles. The van der Waals surface area contributed by atoms with Crippen molar-refractivity contribution in [1.82, 2.24) is 9.88 Å². The summed E-state index contributed by atoms with van der Waals surface area (Å²) in [5.74, 6) is 0.342. The van der Waals surface area contributed by atoms with Gasteiger partial charge < -0.3 is 9.80 Å². The SMILES string of the molecule is O=C1CCCN1c1ccc(CC(=O)N2CCCC[C@H]2c2nc3ccccc3s2)cc1. The third-order valence-electron chi connectivity index (χ3n) is 6.10. The number of para-hydroxylation sites is 1. The summed E-state index contributed by atoms with van der Waals surface area (Å²) < 4.78 is 1.18. The zero-order chi connectivity index (χ0) is 20.5. The number of aromatic nitrogens is 1. The maximum absolute atomic E-state index is 13.2. The van der Waals surface area contributed by atoms with Gasteiger partial charge in [-0.05, 0) is 55.5 Å². The van der Waals surface area contributed by atoms with Crippen molar-refractivity contribution < 1.29 is 9.59 Å². The van der Waals surface area contributed by atoms with Crippen LogP contribution < -0.4 is 4.90 Å². The molecule has 1 atom stereocenters. The van der Waals surface area contributed by atoms with E-state index in [4.69, 9.17) is 4.98 Å². The molecular weight excluding hydrogens is 394 g/mol. The van der Waals surface area contributed by atoms with Crippen LogP contribution in [0.1, 0.15) is 48.7 Å². The van der Waals surface area contributed by atoms with Gasteiger partial charge in [-0.1, -0.05) is 24.3 Å². The number of carbonyl (C=O) groups is 2. The first-order chi connectivity index (χ1) is 14.7. The van der Waals surface area contributed by atoms with Crippen LogP contribution in [0.3, 0.4) is 0 Å². The van der Waals surface area contributed by atoms with Crippen LogP contribution in [0.25, 0.3) is 10.2 Å². The van der Waals surface area contributed by atoms with E-state index < -0.39 is 0 Å². The average Bonchev–Trinajstić information content (AvgIpc) is 3.40. The fourth-order valence-corrected chi connectivity index (χ4v) is 5.63. The molecule has 154 valence electrons. The third kappa shape index (κ3) is 3.72. The Morgan fingerprint density at radius 3 is 2.63 bits per heavy atom. The van der Waals surface area contributed by atoms with Crippen molar-refractivity contribution in [3.63, 3.8) is 0 Å². The van der Waals surface area contributed by atoms with Crippen LogP contribution in [-0.4, -0.2) is 34.8 Å². The lowest BCUT2D eigenvalue weighted by Gasteiger charge is -2.34. The van der Waals surface area contributed by atoms with E-state index in [1.807, 2.05) is 52.3 Å².